The van der Waals surface area contributed by atoms with E-state index in [1.54, 1.807) is 0 Å². The predicted octanol–water partition coefficient (Wildman–Crippen LogP) is 2.59. The highest BCUT2D eigenvalue weighted by Gasteiger charge is 2.55. The van der Waals surface area contributed by atoms with Crippen molar-refractivity contribution in [3.05, 3.63) is 28.8 Å². The minimum Gasteiger partial charge on any atom is -0.454 e. The Bertz CT molecular complexity index is 874. The van der Waals surface area contributed by atoms with Crippen LogP contribution in [-0.2, 0) is 19.1 Å². The molecule has 1 aromatic rings. The van der Waals surface area contributed by atoms with E-state index in [2.05, 4.69) is 10.6 Å². The Kier molecular flexibility index (Phi) is 6.14. The first-order valence-electron chi connectivity index (χ1n) is 10.3. The number of carbonyl (C=O) groups is 4. The lowest BCUT2D eigenvalue weighted by Crippen LogP contribution is -2.54. The van der Waals surface area contributed by atoms with Crippen molar-refractivity contribution in [2.45, 2.75) is 58.9 Å². The molecule has 2 N–H and O–H groups in total. The number of benzene rings is 1. The average molecular weight is 415 g/mol. The summed E-state index contributed by atoms with van der Waals surface area (Å²) in [5.74, 6) is -1.65. The van der Waals surface area contributed by atoms with Crippen LogP contribution in [0.1, 0.15) is 49.3 Å². The van der Waals surface area contributed by atoms with Crippen molar-refractivity contribution in [3.63, 3.8) is 0 Å². The van der Waals surface area contributed by atoms with Crippen LogP contribution in [0, 0.1) is 26.7 Å². The summed E-state index contributed by atoms with van der Waals surface area (Å²) in [6.07, 6.45) is 3.29. The van der Waals surface area contributed by atoms with Crippen molar-refractivity contribution in [1.29, 1.82) is 0 Å². The number of anilines is 1. The molecule has 30 heavy (non-hydrogen) atoms. The summed E-state index contributed by atoms with van der Waals surface area (Å²) in [6, 6.07) is 3.32. The highest BCUT2D eigenvalue weighted by atomic mass is 16.5. The molecule has 0 radical (unpaired) electrons. The van der Waals surface area contributed by atoms with Gasteiger partial charge in [0.05, 0.1) is 0 Å². The molecule has 2 aliphatic rings. The molecule has 3 rings (SSSR count). The summed E-state index contributed by atoms with van der Waals surface area (Å²) in [7, 11) is 0. The molecule has 1 aliphatic carbocycles. The largest absolute Gasteiger partial charge is 0.454 e. The summed E-state index contributed by atoms with van der Waals surface area (Å²) < 4.78 is 5.02. The lowest BCUT2D eigenvalue weighted by Gasteiger charge is -2.36. The standard InChI is InChI=1S/C22H29N3O5/c1-13-9-14(2)19(15(3)10-13)23-17(26)12-30-18(27)11-25-20(28)22(24-21(25)29)8-6-5-7-16(22)4/h9-10,16H,5-8,11-12H2,1-4H3,(H,23,26)(H,24,29)/t16-,22-/m1/s1. The van der Waals surface area contributed by atoms with E-state index in [-0.39, 0.29) is 11.8 Å². The first-order valence-corrected chi connectivity index (χ1v) is 10.3. The van der Waals surface area contributed by atoms with Crippen LogP contribution in [0.15, 0.2) is 12.1 Å². The molecule has 8 nitrogen and oxygen atoms in total. The molecule has 1 heterocycles. The van der Waals surface area contributed by atoms with Crippen LogP contribution in [-0.4, -0.2) is 47.4 Å². The zero-order chi connectivity index (χ0) is 22.1. The second kappa shape index (κ2) is 8.45. The fourth-order valence-electron chi connectivity index (χ4n) is 4.51. The summed E-state index contributed by atoms with van der Waals surface area (Å²) >= 11 is 0. The topological polar surface area (TPSA) is 105 Å². The number of hydrogen-bond donors (Lipinski definition) is 2. The van der Waals surface area contributed by atoms with Crippen molar-refractivity contribution < 1.29 is 23.9 Å². The van der Waals surface area contributed by atoms with Crippen molar-refractivity contribution in [1.82, 2.24) is 10.2 Å². The van der Waals surface area contributed by atoms with Gasteiger partial charge in [0.25, 0.3) is 11.8 Å². The molecule has 0 unspecified atom stereocenters. The van der Waals surface area contributed by atoms with Gasteiger partial charge in [-0.3, -0.25) is 19.3 Å². The van der Waals surface area contributed by atoms with Crippen LogP contribution in [0.2, 0.25) is 0 Å². The van der Waals surface area contributed by atoms with Gasteiger partial charge in [-0.05, 0) is 50.7 Å². The number of esters is 1. The number of nitrogens with zero attached hydrogens (tertiary/aromatic N) is 1. The third-order valence-electron chi connectivity index (χ3n) is 6.09. The van der Waals surface area contributed by atoms with Crippen molar-refractivity contribution in [3.8, 4) is 0 Å². The Morgan fingerprint density at radius 1 is 1.20 bits per heavy atom. The summed E-state index contributed by atoms with van der Waals surface area (Å²) in [4.78, 5) is 50.5. The van der Waals surface area contributed by atoms with Gasteiger partial charge in [0.15, 0.2) is 6.61 Å². The predicted molar refractivity (Wildman–Crippen MR) is 111 cm³/mol. The smallest absolute Gasteiger partial charge is 0.326 e. The molecule has 8 heteroatoms. The molecule has 1 saturated heterocycles. The molecule has 4 amide bonds. The number of hydrogen-bond acceptors (Lipinski definition) is 5. The van der Waals surface area contributed by atoms with Crippen LogP contribution >= 0.6 is 0 Å². The number of aryl methyl sites for hydroxylation is 3. The van der Waals surface area contributed by atoms with E-state index in [1.165, 1.54) is 0 Å². The van der Waals surface area contributed by atoms with Gasteiger partial charge in [0.2, 0.25) is 0 Å². The molecule has 1 aromatic carbocycles. The van der Waals surface area contributed by atoms with Crippen LogP contribution < -0.4 is 10.6 Å². The van der Waals surface area contributed by atoms with Crippen molar-refractivity contribution in [2.75, 3.05) is 18.5 Å². The van der Waals surface area contributed by atoms with Crippen LogP contribution in [0.5, 0.6) is 0 Å². The normalized spacial score (nSPS) is 23.5. The first kappa shape index (κ1) is 21.8. The fourth-order valence-corrected chi connectivity index (χ4v) is 4.51. The van der Waals surface area contributed by atoms with E-state index in [0.717, 1.165) is 40.9 Å². The zero-order valence-corrected chi connectivity index (χ0v) is 18.0. The van der Waals surface area contributed by atoms with Gasteiger partial charge in [0.1, 0.15) is 12.1 Å². The second-order valence-electron chi connectivity index (χ2n) is 8.42. The Labute approximate surface area is 176 Å². The summed E-state index contributed by atoms with van der Waals surface area (Å²) in [5.41, 5.74) is 2.68. The highest BCUT2D eigenvalue weighted by molar-refractivity contribution is 6.09. The number of carbonyl (C=O) groups excluding carboxylic acids is 4. The van der Waals surface area contributed by atoms with E-state index >= 15 is 0 Å². The van der Waals surface area contributed by atoms with Crippen LogP contribution in [0.3, 0.4) is 0 Å². The number of ether oxygens (including phenoxy) is 1. The SMILES string of the molecule is Cc1cc(C)c(NC(=O)COC(=O)CN2C(=O)N[C@@]3(CCCC[C@H]3C)C2=O)c(C)c1. The Hall–Kier alpha value is -2.90. The van der Waals surface area contributed by atoms with Gasteiger partial charge in [-0.15, -0.1) is 0 Å². The van der Waals surface area contributed by atoms with Gasteiger partial charge >= 0.3 is 12.0 Å². The molecule has 0 aromatic heterocycles. The zero-order valence-electron chi connectivity index (χ0n) is 18.0. The molecule has 1 aliphatic heterocycles. The van der Waals surface area contributed by atoms with Crippen molar-refractivity contribution in [2.24, 2.45) is 5.92 Å². The number of imide groups is 1. The molecule has 2 atom stereocenters. The quantitative estimate of drug-likeness (QED) is 0.568. The summed E-state index contributed by atoms with van der Waals surface area (Å²) in [6.45, 7) is 6.70. The average Bonchev–Trinajstić information content (AvgIpc) is 2.90. The van der Waals surface area contributed by atoms with Gasteiger partial charge < -0.3 is 15.4 Å². The molecule has 162 valence electrons. The van der Waals surface area contributed by atoms with E-state index in [1.807, 2.05) is 39.8 Å². The molecule has 2 fully saturated rings. The number of rotatable bonds is 5. The second-order valence-corrected chi connectivity index (χ2v) is 8.42. The molecule has 1 saturated carbocycles. The first-order chi connectivity index (χ1) is 14.1. The number of nitrogens with one attached hydrogen (secondary N) is 2. The minimum absolute atomic E-state index is 0.00971. The summed E-state index contributed by atoms with van der Waals surface area (Å²) in [5, 5.41) is 5.54. The van der Waals surface area contributed by atoms with E-state index < -0.39 is 36.6 Å². The van der Waals surface area contributed by atoms with Gasteiger partial charge in [0, 0.05) is 5.69 Å². The lowest BCUT2D eigenvalue weighted by molar-refractivity contribution is -0.150. The third-order valence-corrected chi connectivity index (χ3v) is 6.09. The lowest BCUT2D eigenvalue weighted by atomic mass is 9.73. The third kappa shape index (κ3) is 4.17. The maximum atomic E-state index is 12.9. The molecular formula is C22H29N3O5. The van der Waals surface area contributed by atoms with Gasteiger partial charge in [-0.25, -0.2) is 4.79 Å². The Morgan fingerprint density at radius 3 is 2.50 bits per heavy atom. The van der Waals surface area contributed by atoms with E-state index in [0.29, 0.717) is 12.1 Å². The van der Waals surface area contributed by atoms with Crippen LogP contribution in [0.4, 0.5) is 10.5 Å². The van der Waals surface area contributed by atoms with Gasteiger partial charge in [-0.1, -0.05) is 37.5 Å². The molecule has 1 spiro atoms. The monoisotopic (exact) mass is 415 g/mol. The van der Waals surface area contributed by atoms with E-state index in [9.17, 15) is 19.2 Å². The van der Waals surface area contributed by atoms with Crippen LogP contribution in [0.25, 0.3) is 0 Å². The fraction of sp³-hybridized carbons (Fsp3) is 0.545. The maximum absolute atomic E-state index is 12.9. The Morgan fingerprint density at radius 2 is 1.87 bits per heavy atom. The molecular weight excluding hydrogens is 386 g/mol. The molecule has 0 bridgehead atoms. The van der Waals surface area contributed by atoms with E-state index in [4.69, 9.17) is 4.74 Å². The number of amides is 4. The highest BCUT2D eigenvalue weighted by Crippen LogP contribution is 2.38. The van der Waals surface area contributed by atoms with Gasteiger partial charge in [-0.2, -0.15) is 0 Å². The maximum Gasteiger partial charge on any atom is 0.326 e. The number of urea groups is 1. The van der Waals surface area contributed by atoms with Crippen molar-refractivity contribution >= 4 is 29.5 Å². The minimum atomic E-state index is -0.923. The Balaban J connectivity index is 1.55.